The van der Waals surface area contributed by atoms with E-state index in [4.69, 9.17) is 0 Å². The van der Waals surface area contributed by atoms with Crippen LogP contribution in [0.15, 0.2) is 39.4 Å². The molecule has 0 saturated heterocycles. The average Bonchev–Trinajstić information content (AvgIpc) is 2.46. The van der Waals surface area contributed by atoms with E-state index in [0.717, 1.165) is 31.2 Å². The first-order valence-electron chi connectivity index (χ1n) is 7.56. The zero-order valence-electron chi connectivity index (χ0n) is 13.0. The summed E-state index contributed by atoms with van der Waals surface area (Å²) in [5, 5.41) is 8.50. The predicted molar refractivity (Wildman–Crippen MR) is 84.2 cm³/mol. The van der Waals surface area contributed by atoms with Crippen LogP contribution in [0.5, 0.6) is 0 Å². The largest absolute Gasteiger partial charge is 0.221 e. The van der Waals surface area contributed by atoms with Gasteiger partial charge < -0.3 is 0 Å². The lowest BCUT2D eigenvalue weighted by molar-refractivity contribution is 0.418. The smallest absolute Gasteiger partial charge is 0.205 e. The highest BCUT2D eigenvalue weighted by molar-refractivity contribution is 7.92. The van der Waals surface area contributed by atoms with Crippen molar-refractivity contribution in [2.75, 3.05) is 0 Å². The third kappa shape index (κ3) is 3.70. The third-order valence-electron chi connectivity index (χ3n) is 4.03. The van der Waals surface area contributed by atoms with E-state index in [-0.39, 0.29) is 6.04 Å². The molecule has 1 fully saturated rings. The van der Waals surface area contributed by atoms with Gasteiger partial charge in [0.05, 0.1) is 10.9 Å². The Morgan fingerprint density at radius 1 is 1.05 bits per heavy atom. The van der Waals surface area contributed by atoms with E-state index in [9.17, 15) is 8.42 Å². The van der Waals surface area contributed by atoms with Crippen LogP contribution in [-0.4, -0.2) is 19.3 Å². The molecule has 5 heteroatoms. The lowest BCUT2D eigenvalue weighted by Gasteiger charge is -2.22. The molecule has 2 rings (SSSR count). The number of rotatable bonds is 4. The maximum atomic E-state index is 12.7. The van der Waals surface area contributed by atoms with Crippen LogP contribution >= 0.6 is 0 Å². The van der Waals surface area contributed by atoms with Crippen molar-refractivity contribution in [2.45, 2.75) is 68.7 Å². The van der Waals surface area contributed by atoms with Gasteiger partial charge in [0, 0.05) is 0 Å². The molecule has 0 unspecified atom stereocenters. The minimum atomic E-state index is -3.52. The second-order valence-electron chi connectivity index (χ2n) is 6.27. The molecule has 0 aromatic heterocycles. The summed E-state index contributed by atoms with van der Waals surface area (Å²) in [6, 6.07) is 7.08. The standard InChI is InChI=1S/C16H24N2O2S/c1-13-9-11-15(12-10-13)21(19,20)16(2,3)18-17-14-7-5-4-6-8-14/h9-12,14H,4-8H2,1-3H3. The molecule has 0 atom stereocenters. The van der Waals surface area contributed by atoms with Crippen molar-refractivity contribution in [3.63, 3.8) is 0 Å². The van der Waals surface area contributed by atoms with Gasteiger partial charge in [-0.3, -0.25) is 0 Å². The van der Waals surface area contributed by atoms with Gasteiger partial charge in [0.15, 0.2) is 4.87 Å². The fraction of sp³-hybridized carbons (Fsp3) is 0.625. The van der Waals surface area contributed by atoms with E-state index in [2.05, 4.69) is 10.2 Å². The fourth-order valence-corrected chi connectivity index (χ4v) is 3.70. The maximum absolute atomic E-state index is 12.7. The molecule has 1 aromatic rings. The number of hydrogen-bond acceptors (Lipinski definition) is 4. The molecule has 1 saturated carbocycles. The maximum Gasteiger partial charge on any atom is 0.205 e. The summed E-state index contributed by atoms with van der Waals surface area (Å²) >= 11 is 0. The van der Waals surface area contributed by atoms with E-state index >= 15 is 0 Å². The first-order chi connectivity index (χ1) is 9.83. The monoisotopic (exact) mass is 308 g/mol. The van der Waals surface area contributed by atoms with Crippen molar-refractivity contribution >= 4 is 9.84 Å². The van der Waals surface area contributed by atoms with Crippen molar-refractivity contribution in [2.24, 2.45) is 10.2 Å². The summed E-state index contributed by atoms with van der Waals surface area (Å²) < 4.78 is 25.4. The zero-order valence-corrected chi connectivity index (χ0v) is 13.9. The van der Waals surface area contributed by atoms with Crippen LogP contribution in [-0.2, 0) is 9.84 Å². The Hall–Kier alpha value is -1.23. The van der Waals surface area contributed by atoms with Gasteiger partial charge in [0.1, 0.15) is 0 Å². The summed E-state index contributed by atoms with van der Waals surface area (Å²) in [7, 11) is -3.52. The molecule has 0 aliphatic heterocycles. The Labute approximate surface area is 127 Å². The molecule has 1 aromatic carbocycles. The highest BCUT2D eigenvalue weighted by Gasteiger charge is 2.36. The predicted octanol–water partition coefficient (Wildman–Crippen LogP) is 4.29. The normalized spacial score (nSPS) is 18.2. The quantitative estimate of drug-likeness (QED) is 0.779. The summed E-state index contributed by atoms with van der Waals surface area (Å²) in [6.45, 7) is 5.17. The molecule has 0 bridgehead atoms. The number of benzene rings is 1. The topological polar surface area (TPSA) is 58.9 Å². The van der Waals surface area contributed by atoms with Crippen LogP contribution in [0.4, 0.5) is 0 Å². The molecule has 0 amide bonds. The molecule has 1 aliphatic carbocycles. The van der Waals surface area contributed by atoms with Crippen LogP contribution in [0.3, 0.4) is 0 Å². The molecule has 1 aliphatic rings. The van der Waals surface area contributed by atoms with Crippen LogP contribution in [0.2, 0.25) is 0 Å². The van der Waals surface area contributed by atoms with Crippen LogP contribution in [0, 0.1) is 6.92 Å². The average molecular weight is 308 g/mol. The van der Waals surface area contributed by atoms with Crippen molar-refractivity contribution < 1.29 is 8.42 Å². The van der Waals surface area contributed by atoms with Gasteiger partial charge in [-0.15, -0.1) is 0 Å². The van der Waals surface area contributed by atoms with Gasteiger partial charge in [-0.05, 0) is 45.7 Å². The number of nitrogens with zero attached hydrogens (tertiary/aromatic N) is 2. The fourth-order valence-electron chi connectivity index (χ4n) is 2.48. The van der Waals surface area contributed by atoms with Crippen LogP contribution in [0.25, 0.3) is 0 Å². The molecular formula is C16H24N2O2S. The zero-order chi connectivity index (χ0) is 15.5. The van der Waals surface area contributed by atoms with E-state index in [0.29, 0.717) is 4.90 Å². The van der Waals surface area contributed by atoms with E-state index in [1.165, 1.54) is 6.42 Å². The Kier molecular flexibility index (Phi) is 4.81. The lowest BCUT2D eigenvalue weighted by Crippen LogP contribution is -2.30. The second-order valence-corrected chi connectivity index (χ2v) is 8.75. The summed E-state index contributed by atoms with van der Waals surface area (Å²) in [4.78, 5) is -0.916. The molecule has 116 valence electrons. The van der Waals surface area contributed by atoms with Crippen LogP contribution < -0.4 is 0 Å². The van der Waals surface area contributed by atoms with Crippen molar-refractivity contribution in [1.82, 2.24) is 0 Å². The SMILES string of the molecule is Cc1ccc(S(=O)(=O)C(C)(C)N=NC2CCCCC2)cc1. The molecule has 4 nitrogen and oxygen atoms in total. The molecule has 0 radical (unpaired) electrons. The van der Waals surface area contributed by atoms with Gasteiger partial charge in [-0.2, -0.15) is 10.2 Å². The number of azo groups is 1. The Bertz CT molecular complexity index is 598. The highest BCUT2D eigenvalue weighted by atomic mass is 32.2. The van der Waals surface area contributed by atoms with Gasteiger partial charge in [0.25, 0.3) is 0 Å². The van der Waals surface area contributed by atoms with Crippen LogP contribution in [0.1, 0.15) is 51.5 Å². The van der Waals surface area contributed by atoms with E-state index in [1.54, 1.807) is 38.1 Å². The molecule has 21 heavy (non-hydrogen) atoms. The van der Waals surface area contributed by atoms with E-state index in [1.807, 2.05) is 6.92 Å². The number of sulfone groups is 1. The third-order valence-corrected chi connectivity index (χ3v) is 6.32. The molecule has 0 spiro atoms. The summed E-state index contributed by atoms with van der Waals surface area (Å²) in [5.74, 6) is 0. The Morgan fingerprint density at radius 3 is 2.19 bits per heavy atom. The summed E-state index contributed by atoms with van der Waals surface area (Å²) in [5.41, 5.74) is 1.04. The van der Waals surface area contributed by atoms with Gasteiger partial charge in [0.2, 0.25) is 9.84 Å². The van der Waals surface area contributed by atoms with Crippen molar-refractivity contribution in [3.05, 3.63) is 29.8 Å². The first kappa shape index (κ1) is 16.1. The van der Waals surface area contributed by atoms with Crippen molar-refractivity contribution in [3.8, 4) is 0 Å². The minimum absolute atomic E-state index is 0.186. The van der Waals surface area contributed by atoms with Gasteiger partial charge in [-0.1, -0.05) is 37.0 Å². The molecule has 0 heterocycles. The molecule has 0 N–H and O–H groups in total. The Balaban J connectivity index is 2.20. The van der Waals surface area contributed by atoms with E-state index < -0.39 is 14.7 Å². The van der Waals surface area contributed by atoms with Crippen molar-refractivity contribution in [1.29, 1.82) is 0 Å². The molecular weight excluding hydrogens is 284 g/mol. The summed E-state index contributed by atoms with van der Waals surface area (Å²) in [6.07, 6.45) is 5.61. The minimum Gasteiger partial charge on any atom is -0.221 e. The lowest BCUT2D eigenvalue weighted by atomic mass is 9.96. The number of aryl methyl sites for hydroxylation is 1. The van der Waals surface area contributed by atoms with Gasteiger partial charge >= 0.3 is 0 Å². The highest BCUT2D eigenvalue weighted by Crippen LogP contribution is 2.29. The first-order valence-corrected chi connectivity index (χ1v) is 9.04. The second kappa shape index (κ2) is 6.26. The van der Waals surface area contributed by atoms with Gasteiger partial charge in [-0.25, -0.2) is 8.42 Å². The number of hydrogen-bond donors (Lipinski definition) is 0. The Morgan fingerprint density at radius 2 is 1.62 bits per heavy atom.